The number of rotatable bonds is 5. The van der Waals surface area contributed by atoms with Crippen LogP contribution in [0.15, 0.2) is 35.0 Å². The maximum absolute atomic E-state index is 13.7. The van der Waals surface area contributed by atoms with E-state index in [0.717, 1.165) is 12.1 Å². The molecule has 0 amide bonds. The van der Waals surface area contributed by atoms with E-state index in [9.17, 15) is 17.6 Å². The number of hydrogen-bond donors (Lipinski definition) is 1. The van der Waals surface area contributed by atoms with Crippen LogP contribution in [0, 0.1) is 11.6 Å². The van der Waals surface area contributed by atoms with E-state index in [1.165, 1.54) is 18.5 Å². The molecule has 10 heteroatoms. The molecule has 0 fully saturated rings. The number of nitrogens with one attached hydrogen (secondary N) is 1. The van der Waals surface area contributed by atoms with Gasteiger partial charge in [0.25, 0.3) is 11.8 Å². The van der Waals surface area contributed by atoms with Crippen LogP contribution in [0.4, 0.5) is 23.5 Å². The minimum Gasteiger partial charge on any atom is -0.415 e. The van der Waals surface area contributed by atoms with Gasteiger partial charge in [0, 0.05) is 24.0 Å². The van der Waals surface area contributed by atoms with Crippen molar-refractivity contribution in [1.29, 1.82) is 0 Å². The van der Waals surface area contributed by atoms with Crippen molar-refractivity contribution in [2.24, 2.45) is 0 Å². The fraction of sp³-hybridized carbons (Fsp3) is 0.200. The van der Waals surface area contributed by atoms with Gasteiger partial charge in [0.05, 0.1) is 11.6 Å². The zero-order chi connectivity index (χ0) is 18.0. The van der Waals surface area contributed by atoms with Crippen molar-refractivity contribution in [3.8, 4) is 11.5 Å². The van der Waals surface area contributed by atoms with Crippen LogP contribution in [0.5, 0.6) is 0 Å². The van der Waals surface area contributed by atoms with E-state index >= 15 is 0 Å². The van der Waals surface area contributed by atoms with Gasteiger partial charge in [0.15, 0.2) is 0 Å². The van der Waals surface area contributed by atoms with Crippen LogP contribution in [0.1, 0.15) is 30.8 Å². The lowest BCUT2D eigenvalue weighted by Gasteiger charge is -2.14. The summed E-state index contributed by atoms with van der Waals surface area (Å²) in [6.07, 6.45) is -0.271. The van der Waals surface area contributed by atoms with E-state index in [-0.39, 0.29) is 23.0 Å². The Balaban J connectivity index is 1.73. The molecule has 6 nitrogen and oxygen atoms in total. The molecule has 1 N–H and O–H groups in total. The quantitative estimate of drug-likeness (QED) is 0.701. The van der Waals surface area contributed by atoms with Gasteiger partial charge in [-0.1, -0.05) is 6.07 Å². The third-order valence-electron chi connectivity index (χ3n) is 3.30. The fourth-order valence-electron chi connectivity index (χ4n) is 2.08. The number of nitrogens with zero attached hydrogens (tertiary/aromatic N) is 4. The molecule has 1 aromatic carbocycles. The summed E-state index contributed by atoms with van der Waals surface area (Å²) in [4.78, 5) is 7.98. The van der Waals surface area contributed by atoms with Gasteiger partial charge < -0.3 is 9.73 Å². The van der Waals surface area contributed by atoms with E-state index < -0.39 is 30.0 Å². The van der Waals surface area contributed by atoms with Crippen molar-refractivity contribution >= 4 is 5.95 Å². The highest BCUT2D eigenvalue weighted by atomic mass is 19.3. The van der Waals surface area contributed by atoms with E-state index in [1.807, 2.05) is 0 Å². The van der Waals surface area contributed by atoms with Crippen LogP contribution in [0.3, 0.4) is 0 Å². The monoisotopic (exact) mass is 353 g/mol. The summed E-state index contributed by atoms with van der Waals surface area (Å²) >= 11 is 0. The van der Waals surface area contributed by atoms with E-state index in [2.05, 4.69) is 25.5 Å². The summed E-state index contributed by atoms with van der Waals surface area (Å²) in [5.74, 6) is -2.13. The molecular weight excluding hydrogens is 342 g/mol. The predicted molar refractivity (Wildman–Crippen MR) is 78.7 cm³/mol. The Labute approximate surface area is 138 Å². The summed E-state index contributed by atoms with van der Waals surface area (Å²) < 4.78 is 56.3. The number of halogens is 4. The number of hydrogen-bond acceptors (Lipinski definition) is 6. The van der Waals surface area contributed by atoms with Crippen molar-refractivity contribution < 1.29 is 22.0 Å². The first-order valence-corrected chi connectivity index (χ1v) is 7.09. The maximum atomic E-state index is 13.7. The van der Waals surface area contributed by atoms with Crippen LogP contribution in [0.25, 0.3) is 11.5 Å². The molecule has 0 saturated carbocycles. The summed E-state index contributed by atoms with van der Waals surface area (Å²) in [5, 5.41) is 9.54. The smallest absolute Gasteiger partial charge is 0.314 e. The highest BCUT2D eigenvalue weighted by molar-refractivity contribution is 5.50. The highest BCUT2D eigenvalue weighted by Gasteiger charge is 2.18. The van der Waals surface area contributed by atoms with Gasteiger partial charge in [0.2, 0.25) is 5.95 Å². The molecule has 3 aromatic rings. The highest BCUT2D eigenvalue weighted by Crippen LogP contribution is 2.24. The van der Waals surface area contributed by atoms with Crippen molar-refractivity contribution in [3.05, 3.63) is 53.7 Å². The van der Waals surface area contributed by atoms with Crippen LogP contribution in [-0.2, 0) is 0 Å². The van der Waals surface area contributed by atoms with E-state index in [1.54, 1.807) is 6.92 Å². The Hall–Kier alpha value is -3.04. The molecule has 0 unspecified atom stereocenters. The van der Waals surface area contributed by atoms with Crippen molar-refractivity contribution in [2.45, 2.75) is 19.4 Å². The maximum Gasteiger partial charge on any atom is 0.314 e. The Morgan fingerprint density at radius 2 is 1.80 bits per heavy atom. The lowest BCUT2D eigenvalue weighted by molar-refractivity contribution is 0.116. The second kappa shape index (κ2) is 6.83. The molecule has 2 heterocycles. The Morgan fingerprint density at radius 3 is 2.40 bits per heavy atom. The van der Waals surface area contributed by atoms with Gasteiger partial charge >= 0.3 is 6.43 Å². The molecule has 2 aromatic heterocycles. The van der Waals surface area contributed by atoms with Gasteiger partial charge in [-0.05, 0) is 13.0 Å². The topological polar surface area (TPSA) is 76.7 Å². The van der Waals surface area contributed by atoms with Gasteiger partial charge in [-0.15, -0.1) is 10.2 Å². The molecule has 0 radical (unpaired) electrons. The van der Waals surface area contributed by atoms with Crippen molar-refractivity contribution in [3.63, 3.8) is 0 Å². The molecular formula is C15H11F4N5O. The van der Waals surface area contributed by atoms with Gasteiger partial charge in [0.1, 0.15) is 11.6 Å². The molecule has 25 heavy (non-hydrogen) atoms. The van der Waals surface area contributed by atoms with E-state index in [4.69, 9.17) is 4.42 Å². The molecule has 0 aliphatic heterocycles. The third-order valence-corrected chi connectivity index (χ3v) is 3.30. The Kier molecular flexibility index (Phi) is 4.59. The minimum absolute atomic E-state index is 0.139. The molecule has 0 aliphatic carbocycles. The van der Waals surface area contributed by atoms with Crippen LogP contribution < -0.4 is 5.32 Å². The first-order valence-electron chi connectivity index (χ1n) is 7.09. The molecule has 0 bridgehead atoms. The SMILES string of the molecule is C[C@@H](Nc1ncc(-c2nnc(C(F)F)o2)cn1)c1ccc(F)cc1F. The normalized spacial score (nSPS) is 12.4. The zero-order valence-corrected chi connectivity index (χ0v) is 12.8. The van der Waals surface area contributed by atoms with Crippen LogP contribution in [0.2, 0.25) is 0 Å². The van der Waals surface area contributed by atoms with Crippen molar-refractivity contribution in [1.82, 2.24) is 20.2 Å². The second-order valence-electron chi connectivity index (χ2n) is 5.07. The summed E-state index contributed by atoms with van der Waals surface area (Å²) in [6.45, 7) is 1.65. The van der Waals surface area contributed by atoms with Crippen LogP contribution in [-0.4, -0.2) is 20.2 Å². The number of anilines is 1. The molecule has 3 rings (SSSR count). The zero-order valence-electron chi connectivity index (χ0n) is 12.8. The van der Waals surface area contributed by atoms with Gasteiger partial charge in [-0.3, -0.25) is 0 Å². The van der Waals surface area contributed by atoms with E-state index in [0.29, 0.717) is 0 Å². The number of alkyl halides is 2. The first-order chi connectivity index (χ1) is 11.9. The fourth-order valence-corrected chi connectivity index (χ4v) is 2.08. The number of aromatic nitrogens is 4. The predicted octanol–water partition coefficient (Wildman–Crippen LogP) is 3.92. The molecule has 130 valence electrons. The minimum atomic E-state index is -2.87. The lowest BCUT2D eigenvalue weighted by atomic mass is 10.1. The average molecular weight is 353 g/mol. The first kappa shape index (κ1) is 16.8. The summed E-state index contributed by atoms with van der Waals surface area (Å²) in [5.41, 5.74) is 0.498. The Bertz CT molecular complexity index is 869. The summed E-state index contributed by atoms with van der Waals surface area (Å²) in [6, 6.07) is 2.73. The van der Waals surface area contributed by atoms with Gasteiger partial charge in [-0.2, -0.15) is 8.78 Å². The van der Waals surface area contributed by atoms with Crippen molar-refractivity contribution in [2.75, 3.05) is 5.32 Å². The second-order valence-corrected chi connectivity index (χ2v) is 5.07. The molecule has 0 saturated heterocycles. The molecule has 0 aliphatic rings. The standard InChI is InChI=1S/C15H11F4N5O/c1-7(10-3-2-9(16)4-11(10)17)22-15-20-5-8(6-21-15)13-23-24-14(25-13)12(18)19/h2-7,12H,1H3,(H,20,21,22)/t7-/m1/s1. The number of benzene rings is 1. The average Bonchev–Trinajstić information content (AvgIpc) is 3.05. The van der Waals surface area contributed by atoms with Gasteiger partial charge in [-0.25, -0.2) is 18.7 Å². The summed E-state index contributed by atoms with van der Waals surface area (Å²) in [7, 11) is 0. The lowest BCUT2D eigenvalue weighted by Crippen LogP contribution is -2.11. The third kappa shape index (κ3) is 3.73. The largest absolute Gasteiger partial charge is 0.415 e. The van der Waals surface area contributed by atoms with Crippen LogP contribution >= 0.6 is 0 Å². The Morgan fingerprint density at radius 1 is 1.08 bits per heavy atom. The molecule has 0 spiro atoms. The molecule has 1 atom stereocenters.